The highest BCUT2D eigenvalue weighted by Crippen LogP contribution is 2.25. The van der Waals surface area contributed by atoms with Gasteiger partial charge in [-0.3, -0.25) is 9.59 Å². The van der Waals surface area contributed by atoms with Crippen LogP contribution in [0, 0.1) is 18.3 Å². The Labute approximate surface area is 211 Å². The van der Waals surface area contributed by atoms with Gasteiger partial charge in [0.2, 0.25) is 11.8 Å². The first kappa shape index (κ1) is 30.0. The van der Waals surface area contributed by atoms with Crippen molar-refractivity contribution < 1.29 is 19.1 Å². The topological polar surface area (TPSA) is 87.7 Å². The minimum atomic E-state index is -0.849. The molecule has 1 aromatic rings. The van der Waals surface area contributed by atoms with Crippen molar-refractivity contribution in [2.45, 2.75) is 91.8 Å². The molecule has 35 heavy (non-hydrogen) atoms. The summed E-state index contributed by atoms with van der Waals surface area (Å²) < 4.78 is 5.39. The molecule has 0 spiro atoms. The molecule has 2 N–H and O–H groups in total. The van der Waals surface area contributed by atoms with Crippen LogP contribution in [0.1, 0.15) is 91.3 Å². The van der Waals surface area contributed by atoms with E-state index in [-0.39, 0.29) is 17.7 Å². The Balaban J connectivity index is 3.41. The molecule has 0 fully saturated rings. The van der Waals surface area contributed by atoms with Gasteiger partial charge in [-0.05, 0) is 57.2 Å². The van der Waals surface area contributed by atoms with Gasteiger partial charge in [0.05, 0.1) is 0 Å². The number of hydrogen-bond acceptors (Lipinski definition) is 4. The molecule has 2 unspecified atom stereocenters. The van der Waals surface area contributed by atoms with E-state index in [0.29, 0.717) is 30.6 Å². The maximum atomic E-state index is 13.9. The fourth-order valence-corrected chi connectivity index (χ4v) is 3.54. The Morgan fingerprint density at radius 1 is 1.06 bits per heavy atom. The van der Waals surface area contributed by atoms with E-state index in [1.165, 1.54) is 0 Å². The van der Waals surface area contributed by atoms with Crippen LogP contribution in [0.3, 0.4) is 0 Å². The van der Waals surface area contributed by atoms with Gasteiger partial charge in [0, 0.05) is 18.7 Å². The van der Waals surface area contributed by atoms with Crippen molar-refractivity contribution in [2.24, 2.45) is 5.92 Å². The fraction of sp³-hybridized carbons (Fsp3) is 0.607. The molecule has 1 rings (SSSR count). The highest BCUT2D eigenvalue weighted by molar-refractivity contribution is 5.92. The number of nitrogens with zero attached hydrogens (tertiary/aromatic N) is 1. The van der Waals surface area contributed by atoms with Crippen LogP contribution < -0.4 is 10.6 Å². The van der Waals surface area contributed by atoms with Crippen LogP contribution in [0.2, 0.25) is 0 Å². The summed E-state index contributed by atoms with van der Waals surface area (Å²) in [6.45, 7) is 14.0. The molecule has 1 aromatic carbocycles. The standard InChI is InChI=1S/C28H43N3O4/c1-9-12-18-29-25(32)24(22-16-14-21(11-3)15-17-22)31(19-13-10-2)26(33)23(20(4)5)30-27(34)35-28(6,7)8/h3,14-17,20,23-24H,9-10,12-13,18-19H2,1-2,4-8H3,(H,29,32)(H,30,34). The molecule has 0 aliphatic rings. The van der Waals surface area contributed by atoms with Crippen LogP contribution in [-0.4, -0.2) is 47.5 Å². The maximum Gasteiger partial charge on any atom is 0.408 e. The molecule has 7 nitrogen and oxygen atoms in total. The minimum absolute atomic E-state index is 0.216. The van der Waals surface area contributed by atoms with E-state index < -0.39 is 23.8 Å². The van der Waals surface area contributed by atoms with Crippen molar-refractivity contribution in [3.05, 3.63) is 35.4 Å². The number of carbonyl (C=O) groups excluding carboxylic acids is 3. The molecule has 0 saturated carbocycles. The molecular formula is C28H43N3O4. The average Bonchev–Trinajstić information content (AvgIpc) is 2.78. The van der Waals surface area contributed by atoms with Crippen molar-refractivity contribution in [3.8, 4) is 12.3 Å². The Hall–Kier alpha value is -3.01. The third kappa shape index (κ3) is 10.0. The highest BCUT2D eigenvalue weighted by atomic mass is 16.6. The van der Waals surface area contributed by atoms with E-state index in [1.54, 1.807) is 49.9 Å². The predicted octanol–water partition coefficient (Wildman–Crippen LogP) is 4.80. The number of unbranched alkanes of at least 4 members (excludes halogenated alkanes) is 2. The summed E-state index contributed by atoms with van der Waals surface area (Å²) in [5.74, 6) is 1.79. The van der Waals surface area contributed by atoms with Crippen molar-refractivity contribution >= 4 is 17.9 Å². The zero-order chi connectivity index (χ0) is 26.6. The summed E-state index contributed by atoms with van der Waals surface area (Å²) >= 11 is 0. The number of nitrogens with one attached hydrogen (secondary N) is 2. The fourth-order valence-electron chi connectivity index (χ4n) is 3.54. The normalized spacial score (nSPS) is 12.9. The molecule has 3 amide bonds. The Morgan fingerprint density at radius 2 is 1.66 bits per heavy atom. The number of carbonyl (C=O) groups is 3. The van der Waals surface area contributed by atoms with Gasteiger partial charge >= 0.3 is 6.09 Å². The Bertz CT molecular complexity index is 866. The number of hydrogen-bond donors (Lipinski definition) is 2. The summed E-state index contributed by atoms with van der Waals surface area (Å²) in [6.07, 6.45) is 8.18. The van der Waals surface area contributed by atoms with E-state index in [0.717, 1.165) is 19.3 Å². The van der Waals surface area contributed by atoms with Gasteiger partial charge < -0.3 is 20.3 Å². The van der Waals surface area contributed by atoms with E-state index in [9.17, 15) is 14.4 Å². The van der Waals surface area contributed by atoms with Gasteiger partial charge in [0.1, 0.15) is 17.7 Å². The maximum absolute atomic E-state index is 13.9. The van der Waals surface area contributed by atoms with Crippen molar-refractivity contribution in [1.82, 2.24) is 15.5 Å². The van der Waals surface area contributed by atoms with Crippen molar-refractivity contribution in [3.63, 3.8) is 0 Å². The molecule has 0 aliphatic heterocycles. The van der Waals surface area contributed by atoms with Gasteiger partial charge in [-0.1, -0.05) is 58.6 Å². The van der Waals surface area contributed by atoms with Crippen LogP contribution in [0.25, 0.3) is 0 Å². The number of amides is 3. The summed E-state index contributed by atoms with van der Waals surface area (Å²) in [5.41, 5.74) is 0.663. The molecule has 0 bridgehead atoms. The molecule has 0 saturated heterocycles. The molecule has 0 aromatic heterocycles. The molecule has 0 aliphatic carbocycles. The summed E-state index contributed by atoms with van der Waals surface area (Å²) in [4.78, 5) is 41.4. The molecule has 2 atom stereocenters. The van der Waals surface area contributed by atoms with Gasteiger partial charge in [-0.2, -0.15) is 0 Å². The monoisotopic (exact) mass is 485 g/mol. The molecule has 0 heterocycles. The van der Waals surface area contributed by atoms with Crippen LogP contribution in [-0.2, 0) is 14.3 Å². The van der Waals surface area contributed by atoms with Crippen LogP contribution in [0.5, 0.6) is 0 Å². The lowest BCUT2D eigenvalue weighted by Crippen LogP contribution is -2.55. The van der Waals surface area contributed by atoms with Crippen LogP contribution in [0.15, 0.2) is 24.3 Å². The highest BCUT2D eigenvalue weighted by Gasteiger charge is 2.37. The molecular weight excluding hydrogens is 442 g/mol. The molecule has 194 valence electrons. The van der Waals surface area contributed by atoms with Gasteiger partial charge in [0.15, 0.2) is 0 Å². The lowest BCUT2D eigenvalue weighted by atomic mass is 9.98. The van der Waals surface area contributed by atoms with Gasteiger partial charge in [-0.25, -0.2) is 4.79 Å². The van der Waals surface area contributed by atoms with Crippen molar-refractivity contribution in [2.75, 3.05) is 13.1 Å². The number of rotatable bonds is 12. The largest absolute Gasteiger partial charge is 0.444 e. The Kier molecular flexibility index (Phi) is 12.4. The summed E-state index contributed by atoms with van der Waals surface area (Å²) in [5, 5.41) is 5.71. The van der Waals surface area contributed by atoms with Gasteiger partial charge in [-0.15, -0.1) is 6.42 Å². The first-order valence-corrected chi connectivity index (χ1v) is 12.6. The lowest BCUT2D eigenvalue weighted by molar-refractivity contribution is -0.143. The second-order valence-electron chi connectivity index (χ2n) is 10.1. The quantitative estimate of drug-likeness (QED) is 0.329. The van der Waals surface area contributed by atoms with Gasteiger partial charge in [0.25, 0.3) is 0 Å². The number of benzene rings is 1. The summed E-state index contributed by atoms with van der Waals surface area (Å²) in [6, 6.07) is 5.41. The second-order valence-corrected chi connectivity index (χ2v) is 10.1. The van der Waals surface area contributed by atoms with E-state index in [2.05, 4.69) is 23.5 Å². The zero-order valence-corrected chi connectivity index (χ0v) is 22.4. The first-order chi connectivity index (χ1) is 16.4. The second kappa shape index (κ2) is 14.4. The minimum Gasteiger partial charge on any atom is -0.444 e. The SMILES string of the molecule is C#Cc1ccc(C(C(=O)NCCCC)N(CCCC)C(=O)C(NC(=O)OC(C)(C)C)C(C)C)cc1. The third-order valence-electron chi connectivity index (χ3n) is 5.42. The average molecular weight is 486 g/mol. The lowest BCUT2D eigenvalue weighted by Gasteiger charge is -2.35. The third-order valence-corrected chi connectivity index (χ3v) is 5.42. The Morgan fingerprint density at radius 3 is 2.14 bits per heavy atom. The zero-order valence-electron chi connectivity index (χ0n) is 22.4. The van der Waals surface area contributed by atoms with E-state index >= 15 is 0 Å². The number of ether oxygens (including phenoxy) is 1. The number of alkyl carbamates (subject to hydrolysis) is 1. The van der Waals surface area contributed by atoms with E-state index in [4.69, 9.17) is 11.2 Å². The van der Waals surface area contributed by atoms with E-state index in [1.807, 2.05) is 20.8 Å². The first-order valence-electron chi connectivity index (χ1n) is 12.6. The predicted molar refractivity (Wildman–Crippen MR) is 140 cm³/mol. The van der Waals surface area contributed by atoms with Crippen LogP contribution >= 0.6 is 0 Å². The molecule has 0 radical (unpaired) electrons. The van der Waals surface area contributed by atoms with Crippen molar-refractivity contribution in [1.29, 1.82) is 0 Å². The number of terminal acetylenes is 1. The smallest absolute Gasteiger partial charge is 0.408 e. The molecule has 7 heteroatoms. The van der Waals surface area contributed by atoms with Crippen LogP contribution in [0.4, 0.5) is 4.79 Å². The summed E-state index contributed by atoms with van der Waals surface area (Å²) in [7, 11) is 0.